The molecule has 24 heavy (non-hydrogen) atoms. The van der Waals surface area contributed by atoms with E-state index >= 15 is 0 Å². The number of ether oxygens (including phenoxy) is 1. The van der Waals surface area contributed by atoms with Crippen molar-refractivity contribution in [2.24, 2.45) is 5.92 Å². The summed E-state index contributed by atoms with van der Waals surface area (Å²) in [6.07, 6.45) is 1.83. The monoisotopic (exact) mass is 333 g/mol. The van der Waals surface area contributed by atoms with E-state index in [0.29, 0.717) is 19.3 Å². The minimum absolute atomic E-state index is 0.0172. The maximum atomic E-state index is 12.3. The van der Waals surface area contributed by atoms with Crippen molar-refractivity contribution in [3.63, 3.8) is 0 Å². The lowest BCUT2D eigenvalue weighted by molar-refractivity contribution is -0.141. The van der Waals surface area contributed by atoms with Crippen LogP contribution >= 0.6 is 0 Å². The van der Waals surface area contributed by atoms with Crippen LogP contribution in [0.2, 0.25) is 0 Å². The van der Waals surface area contributed by atoms with E-state index in [1.165, 1.54) is 31.2 Å². The summed E-state index contributed by atoms with van der Waals surface area (Å²) >= 11 is 0. The quantitative estimate of drug-likeness (QED) is 0.625. The summed E-state index contributed by atoms with van der Waals surface area (Å²) in [7, 11) is 0. The minimum Gasteiger partial charge on any atom is -0.480 e. The van der Waals surface area contributed by atoms with Gasteiger partial charge in [0.1, 0.15) is 17.6 Å². The van der Waals surface area contributed by atoms with Crippen LogP contribution in [0.1, 0.15) is 43.0 Å². The smallest absolute Gasteiger partial charge is 0.326 e. The van der Waals surface area contributed by atoms with Gasteiger partial charge in [0.05, 0.1) is 0 Å². The van der Waals surface area contributed by atoms with Crippen LogP contribution in [0.15, 0.2) is 24.3 Å². The van der Waals surface area contributed by atoms with Crippen molar-refractivity contribution < 1.29 is 29.0 Å². The topological polar surface area (TPSA) is 110 Å². The minimum atomic E-state index is -1.17. The van der Waals surface area contributed by atoms with Gasteiger partial charge >= 0.3 is 11.9 Å². The van der Waals surface area contributed by atoms with E-state index < -0.39 is 29.8 Å². The molecule has 1 saturated carbocycles. The molecule has 0 heterocycles. The zero-order valence-corrected chi connectivity index (χ0v) is 13.3. The Hall–Kier alpha value is -2.70. The van der Waals surface area contributed by atoms with Gasteiger partial charge in [-0.05, 0) is 37.0 Å². The number of carbonyl (C=O) groups excluding carboxylic acids is 3. The van der Waals surface area contributed by atoms with Gasteiger partial charge in [-0.25, -0.2) is 4.79 Å². The predicted molar refractivity (Wildman–Crippen MR) is 83.6 cm³/mol. The first-order chi connectivity index (χ1) is 11.4. The Morgan fingerprint density at radius 3 is 2.71 bits per heavy atom. The van der Waals surface area contributed by atoms with E-state index in [4.69, 9.17) is 4.74 Å². The van der Waals surface area contributed by atoms with Gasteiger partial charge in [-0.1, -0.05) is 6.07 Å². The molecule has 2 rings (SSSR count). The lowest BCUT2D eigenvalue weighted by atomic mass is 9.83. The van der Waals surface area contributed by atoms with E-state index in [0.717, 1.165) is 0 Å². The SMILES string of the molecule is CC(=O)Oc1cccc(C(=O)N[C@@H](C(=O)O)[C@H]2CCCC(=O)C2)c1. The Bertz CT molecular complexity index is 669. The zero-order valence-electron chi connectivity index (χ0n) is 13.3. The van der Waals surface area contributed by atoms with Crippen molar-refractivity contribution in [2.45, 2.75) is 38.6 Å². The van der Waals surface area contributed by atoms with Gasteiger partial charge in [0.25, 0.3) is 5.91 Å². The molecular weight excluding hydrogens is 314 g/mol. The Morgan fingerprint density at radius 1 is 1.33 bits per heavy atom. The van der Waals surface area contributed by atoms with Crippen molar-refractivity contribution in [1.29, 1.82) is 0 Å². The fourth-order valence-electron chi connectivity index (χ4n) is 2.82. The summed E-state index contributed by atoms with van der Waals surface area (Å²) in [6.45, 7) is 1.24. The number of Topliss-reactive ketones (excluding diaryl/α,β-unsaturated/α-hetero) is 1. The summed E-state index contributed by atoms with van der Waals surface area (Å²) in [5.41, 5.74) is 0.183. The van der Waals surface area contributed by atoms with Crippen LogP contribution < -0.4 is 10.1 Å². The summed E-state index contributed by atoms with van der Waals surface area (Å²) in [5.74, 6) is -2.46. The molecule has 0 aromatic heterocycles. The lowest BCUT2D eigenvalue weighted by Gasteiger charge is -2.27. The van der Waals surface area contributed by atoms with Crippen molar-refractivity contribution in [1.82, 2.24) is 5.32 Å². The molecule has 1 aliphatic carbocycles. The second-order valence-corrected chi connectivity index (χ2v) is 5.81. The molecule has 7 heteroatoms. The van der Waals surface area contributed by atoms with Crippen molar-refractivity contribution in [3.05, 3.63) is 29.8 Å². The first-order valence-corrected chi connectivity index (χ1v) is 7.70. The number of carboxylic acid groups (broad SMARTS) is 1. The maximum absolute atomic E-state index is 12.3. The highest BCUT2D eigenvalue weighted by Crippen LogP contribution is 2.25. The average molecular weight is 333 g/mol. The summed E-state index contributed by atoms with van der Waals surface area (Å²) in [4.78, 5) is 46.3. The number of aliphatic carboxylic acids is 1. The molecular formula is C17H19NO6. The van der Waals surface area contributed by atoms with E-state index in [9.17, 15) is 24.3 Å². The molecule has 0 spiro atoms. The van der Waals surface area contributed by atoms with Crippen LogP contribution in [0.5, 0.6) is 5.75 Å². The molecule has 1 amide bonds. The van der Waals surface area contributed by atoms with Crippen LogP contribution in [0.4, 0.5) is 0 Å². The number of nitrogens with one attached hydrogen (secondary N) is 1. The number of hydrogen-bond donors (Lipinski definition) is 2. The molecule has 2 atom stereocenters. The van der Waals surface area contributed by atoms with Gasteiger partial charge in [-0.3, -0.25) is 14.4 Å². The van der Waals surface area contributed by atoms with Crippen molar-refractivity contribution in [3.8, 4) is 5.75 Å². The normalized spacial score (nSPS) is 18.5. The number of carboxylic acids is 1. The van der Waals surface area contributed by atoms with E-state index in [1.54, 1.807) is 0 Å². The third kappa shape index (κ3) is 4.65. The molecule has 128 valence electrons. The molecule has 7 nitrogen and oxygen atoms in total. The van der Waals surface area contributed by atoms with Crippen LogP contribution in [-0.2, 0) is 14.4 Å². The number of esters is 1. The fourth-order valence-corrected chi connectivity index (χ4v) is 2.82. The summed E-state index contributed by atoms with van der Waals surface area (Å²) < 4.78 is 4.91. The van der Waals surface area contributed by atoms with Gasteiger partial charge < -0.3 is 15.2 Å². The van der Waals surface area contributed by atoms with E-state index in [1.807, 2.05) is 0 Å². The highest BCUT2D eigenvalue weighted by atomic mass is 16.5. The van der Waals surface area contributed by atoms with Crippen LogP contribution in [0.25, 0.3) is 0 Å². The molecule has 0 unspecified atom stereocenters. The van der Waals surface area contributed by atoms with Gasteiger partial charge in [0.15, 0.2) is 0 Å². The molecule has 0 saturated heterocycles. The molecule has 1 fully saturated rings. The number of amides is 1. The molecule has 1 aliphatic rings. The van der Waals surface area contributed by atoms with Crippen LogP contribution in [-0.4, -0.2) is 34.8 Å². The number of benzene rings is 1. The molecule has 0 bridgehead atoms. The number of rotatable bonds is 5. The zero-order chi connectivity index (χ0) is 17.7. The number of ketones is 1. The van der Waals surface area contributed by atoms with Gasteiger partial charge in [-0.15, -0.1) is 0 Å². The standard InChI is InChI=1S/C17H19NO6/c1-10(19)24-14-7-3-5-12(9-14)16(21)18-15(17(22)23)11-4-2-6-13(20)8-11/h3,5,7,9,11,15H,2,4,6,8H2,1H3,(H,18,21)(H,22,23)/t11-,15+/m0/s1. The second-order valence-electron chi connectivity index (χ2n) is 5.81. The second kappa shape index (κ2) is 7.72. The fraction of sp³-hybridized carbons (Fsp3) is 0.412. The molecule has 0 radical (unpaired) electrons. The maximum Gasteiger partial charge on any atom is 0.326 e. The third-order valence-electron chi connectivity index (χ3n) is 3.90. The van der Waals surface area contributed by atoms with Gasteiger partial charge in [0, 0.05) is 25.3 Å². The first-order valence-electron chi connectivity index (χ1n) is 7.70. The third-order valence-corrected chi connectivity index (χ3v) is 3.90. The largest absolute Gasteiger partial charge is 0.480 e. The predicted octanol–water partition coefficient (Wildman–Crippen LogP) is 1.55. The van der Waals surface area contributed by atoms with Gasteiger partial charge in [0.2, 0.25) is 0 Å². The van der Waals surface area contributed by atoms with Gasteiger partial charge in [-0.2, -0.15) is 0 Å². The Kier molecular flexibility index (Phi) is 5.68. The Balaban J connectivity index is 2.11. The van der Waals surface area contributed by atoms with E-state index in [2.05, 4.69) is 5.32 Å². The summed E-state index contributed by atoms with van der Waals surface area (Å²) in [6, 6.07) is 4.79. The Labute approximate surface area is 139 Å². The van der Waals surface area contributed by atoms with Crippen molar-refractivity contribution >= 4 is 23.6 Å². The van der Waals surface area contributed by atoms with E-state index in [-0.39, 0.29) is 23.5 Å². The number of hydrogen-bond acceptors (Lipinski definition) is 5. The highest BCUT2D eigenvalue weighted by molar-refractivity contribution is 5.97. The summed E-state index contributed by atoms with van der Waals surface area (Å²) in [5, 5.41) is 11.9. The molecule has 1 aromatic rings. The number of carbonyl (C=O) groups is 4. The molecule has 0 aliphatic heterocycles. The molecule has 2 N–H and O–H groups in total. The van der Waals surface area contributed by atoms with Crippen LogP contribution in [0.3, 0.4) is 0 Å². The average Bonchev–Trinajstić information content (AvgIpc) is 2.51. The molecule has 1 aromatic carbocycles. The lowest BCUT2D eigenvalue weighted by Crippen LogP contribution is -2.47. The highest BCUT2D eigenvalue weighted by Gasteiger charge is 2.33. The van der Waals surface area contributed by atoms with Crippen LogP contribution in [0, 0.1) is 5.92 Å². The van der Waals surface area contributed by atoms with Crippen molar-refractivity contribution in [2.75, 3.05) is 0 Å². The Morgan fingerprint density at radius 2 is 2.08 bits per heavy atom. The first kappa shape index (κ1) is 17.7.